The Morgan fingerprint density at radius 3 is 2.69 bits per heavy atom. The van der Waals surface area contributed by atoms with E-state index in [-0.39, 0.29) is 0 Å². The summed E-state index contributed by atoms with van der Waals surface area (Å²) in [5, 5.41) is 0. The molecule has 0 aliphatic heterocycles. The summed E-state index contributed by atoms with van der Waals surface area (Å²) >= 11 is 5.69. The van der Waals surface area contributed by atoms with Gasteiger partial charge in [-0.3, -0.25) is 0 Å². The molecule has 1 heterocycles. The topological polar surface area (TPSA) is 17.8 Å². The average Bonchev–Trinajstić information content (AvgIpc) is 2.78. The summed E-state index contributed by atoms with van der Waals surface area (Å²) in [6.45, 7) is 0.999. The number of aromatic nitrogens is 2. The Morgan fingerprint density at radius 2 is 2.00 bits per heavy atom. The van der Waals surface area contributed by atoms with Crippen molar-refractivity contribution in [2.24, 2.45) is 0 Å². The molecule has 16 heavy (non-hydrogen) atoms. The number of rotatable bonds is 5. The number of alkyl halides is 1. The molecule has 0 bridgehead atoms. The van der Waals surface area contributed by atoms with E-state index in [0.29, 0.717) is 5.88 Å². The molecule has 0 radical (unpaired) electrons. The van der Waals surface area contributed by atoms with Crippen LogP contribution in [0.2, 0.25) is 0 Å². The number of benzene rings is 1. The molecule has 0 fully saturated rings. The van der Waals surface area contributed by atoms with Gasteiger partial charge >= 0.3 is 0 Å². The Kier molecular flexibility index (Phi) is 4.00. The van der Waals surface area contributed by atoms with Gasteiger partial charge in [-0.15, -0.1) is 11.6 Å². The van der Waals surface area contributed by atoms with Crippen LogP contribution in [0, 0.1) is 0 Å². The third kappa shape index (κ3) is 3.11. The van der Waals surface area contributed by atoms with Crippen LogP contribution in [0.5, 0.6) is 0 Å². The number of nitrogens with zero attached hydrogens (tertiary/aromatic N) is 2. The molecule has 0 saturated heterocycles. The van der Waals surface area contributed by atoms with E-state index in [2.05, 4.69) is 33.8 Å². The minimum atomic E-state index is 0.492. The Hall–Kier alpha value is -1.28. The van der Waals surface area contributed by atoms with Gasteiger partial charge in [-0.25, -0.2) is 4.98 Å². The van der Waals surface area contributed by atoms with Gasteiger partial charge in [-0.1, -0.05) is 30.3 Å². The van der Waals surface area contributed by atoms with E-state index in [9.17, 15) is 0 Å². The lowest BCUT2D eigenvalue weighted by Crippen LogP contribution is -1.96. The first-order chi connectivity index (χ1) is 7.88. The molecule has 2 aromatic rings. The third-order valence-electron chi connectivity index (χ3n) is 2.55. The maximum absolute atomic E-state index is 5.69. The molecule has 0 amide bonds. The van der Waals surface area contributed by atoms with E-state index in [1.54, 1.807) is 0 Å². The van der Waals surface area contributed by atoms with Crippen LogP contribution < -0.4 is 0 Å². The summed E-state index contributed by atoms with van der Waals surface area (Å²) in [4.78, 5) is 4.19. The van der Waals surface area contributed by atoms with Gasteiger partial charge in [0.05, 0.1) is 17.9 Å². The van der Waals surface area contributed by atoms with Crippen LogP contribution in [-0.4, -0.2) is 9.55 Å². The van der Waals surface area contributed by atoms with Gasteiger partial charge in [0, 0.05) is 12.7 Å². The second kappa shape index (κ2) is 5.71. The van der Waals surface area contributed by atoms with E-state index in [1.807, 2.05) is 18.6 Å². The third-order valence-corrected chi connectivity index (χ3v) is 2.82. The van der Waals surface area contributed by atoms with Crippen molar-refractivity contribution in [3.8, 4) is 0 Å². The molecule has 0 N–H and O–H groups in total. The summed E-state index contributed by atoms with van der Waals surface area (Å²) in [6.07, 6.45) is 6.10. The van der Waals surface area contributed by atoms with Crippen LogP contribution in [0.15, 0.2) is 42.9 Å². The molecule has 3 heteroatoms. The first-order valence-corrected chi connectivity index (χ1v) is 6.02. The van der Waals surface area contributed by atoms with Crippen molar-refractivity contribution in [3.05, 3.63) is 54.1 Å². The summed E-state index contributed by atoms with van der Waals surface area (Å²) in [7, 11) is 0. The number of aryl methyl sites for hydroxylation is 2. The SMILES string of the molecule is ClCc1cn(CCCc2ccccc2)cn1. The summed E-state index contributed by atoms with van der Waals surface area (Å²) < 4.78 is 2.10. The molecule has 1 aromatic heterocycles. The van der Waals surface area contributed by atoms with E-state index in [4.69, 9.17) is 11.6 Å². The van der Waals surface area contributed by atoms with Crippen molar-refractivity contribution in [1.82, 2.24) is 9.55 Å². The molecule has 2 rings (SSSR count). The molecular weight excluding hydrogens is 220 g/mol. The first kappa shape index (κ1) is 11.2. The standard InChI is InChI=1S/C13H15ClN2/c14-9-13-10-16(11-15-13)8-4-7-12-5-2-1-3-6-12/h1-3,5-6,10-11H,4,7-9H2. The Labute approximate surface area is 101 Å². The quantitative estimate of drug-likeness (QED) is 0.727. The van der Waals surface area contributed by atoms with Crippen molar-refractivity contribution in [1.29, 1.82) is 0 Å². The van der Waals surface area contributed by atoms with E-state index < -0.39 is 0 Å². The van der Waals surface area contributed by atoms with Crippen LogP contribution in [0.3, 0.4) is 0 Å². The zero-order valence-corrected chi connectivity index (χ0v) is 9.90. The van der Waals surface area contributed by atoms with Crippen LogP contribution in [0.25, 0.3) is 0 Å². The summed E-state index contributed by atoms with van der Waals surface area (Å²) in [5.74, 6) is 0.492. The van der Waals surface area contributed by atoms with Crippen LogP contribution in [0.1, 0.15) is 17.7 Å². The highest BCUT2D eigenvalue weighted by molar-refractivity contribution is 6.16. The van der Waals surface area contributed by atoms with Crippen molar-refractivity contribution >= 4 is 11.6 Å². The van der Waals surface area contributed by atoms with Gasteiger partial charge in [0.2, 0.25) is 0 Å². The number of halogens is 1. The maximum atomic E-state index is 5.69. The zero-order chi connectivity index (χ0) is 11.2. The second-order valence-corrected chi connectivity index (χ2v) is 4.09. The van der Waals surface area contributed by atoms with Gasteiger partial charge < -0.3 is 4.57 Å². The van der Waals surface area contributed by atoms with Crippen molar-refractivity contribution in [2.75, 3.05) is 0 Å². The molecule has 0 atom stereocenters. The molecule has 0 aliphatic carbocycles. The molecule has 0 saturated carbocycles. The fraction of sp³-hybridized carbons (Fsp3) is 0.308. The fourth-order valence-corrected chi connectivity index (χ4v) is 1.85. The van der Waals surface area contributed by atoms with Gasteiger partial charge in [-0.2, -0.15) is 0 Å². The molecule has 2 nitrogen and oxygen atoms in total. The molecule has 0 unspecified atom stereocenters. The maximum Gasteiger partial charge on any atom is 0.0949 e. The molecular formula is C13H15ClN2. The largest absolute Gasteiger partial charge is 0.337 e. The lowest BCUT2D eigenvalue weighted by Gasteiger charge is -2.02. The van der Waals surface area contributed by atoms with Gasteiger partial charge in [0.25, 0.3) is 0 Å². The fourth-order valence-electron chi connectivity index (χ4n) is 1.71. The van der Waals surface area contributed by atoms with E-state index in [0.717, 1.165) is 25.1 Å². The van der Waals surface area contributed by atoms with Crippen molar-refractivity contribution in [2.45, 2.75) is 25.3 Å². The number of hydrogen-bond acceptors (Lipinski definition) is 1. The van der Waals surface area contributed by atoms with E-state index in [1.165, 1.54) is 5.56 Å². The summed E-state index contributed by atoms with van der Waals surface area (Å²) in [5.41, 5.74) is 2.33. The van der Waals surface area contributed by atoms with Crippen molar-refractivity contribution < 1.29 is 0 Å². The average molecular weight is 235 g/mol. The number of imidazole rings is 1. The van der Waals surface area contributed by atoms with Crippen molar-refractivity contribution in [3.63, 3.8) is 0 Å². The minimum Gasteiger partial charge on any atom is -0.337 e. The normalized spacial score (nSPS) is 10.6. The molecule has 1 aromatic carbocycles. The summed E-state index contributed by atoms with van der Waals surface area (Å²) in [6, 6.07) is 10.5. The highest BCUT2D eigenvalue weighted by atomic mass is 35.5. The van der Waals surface area contributed by atoms with E-state index >= 15 is 0 Å². The smallest absolute Gasteiger partial charge is 0.0949 e. The number of hydrogen-bond donors (Lipinski definition) is 0. The minimum absolute atomic E-state index is 0.492. The molecule has 0 spiro atoms. The molecule has 0 aliphatic rings. The highest BCUT2D eigenvalue weighted by Crippen LogP contribution is 2.05. The Bertz CT molecular complexity index is 423. The van der Waals surface area contributed by atoms with Gasteiger partial charge in [0.15, 0.2) is 0 Å². The monoisotopic (exact) mass is 234 g/mol. The molecule has 84 valence electrons. The second-order valence-electron chi connectivity index (χ2n) is 3.83. The Morgan fingerprint density at radius 1 is 1.19 bits per heavy atom. The predicted molar refractivity (Wildman–Crippen MR) is 66.5 cm³/mol. The highest BCUT2D eigenvalue weighted by Gasteiger charge is 1.97. The first-order valence-electron chi connectivity index (χ1n) is 5.49. The zero-order valence-electron chi connectivity index (χ0n) is 9.14. The van der Waals surface area contributed by atoms with Crippen LogP contribution >= 0.6 is 11.6 Å². The van der Waals surface area contributed by atoms with Crippen LogP contribution in [-0.2, 0) is 18.8 Å². The van der Waals surface area contributed by atoms with Gasteiger partial charge in [-0.05, 0) is 18.4 Å². The lowest BCUT2D eigenvalue weighted by molar-refractivity contribution is 0.641. The predicted octanol–water partition coefficient (Wildman–Crippen LogP) is 3.25. The lowest BCUT2D eigenvalue weighted by atomic mass is 10.1. The van der Waals surface area contributed by atoms with Gasteiger partial charge in [0.1, 0.15) is 0 Å². The Balaban J connectivity index is 1.80. The van der Waals surface area contributed by atoms with Crippen LogP contribution in [0.4, 0.5) is 0 Å².